The lowest BCUT2D eigenvalue weighted by atomic mass is 9.97. The van der Waals surface area contributed by atoms with Crippen LogP contribution in [0.3, 0.4) is 0 Å². The fraction of sp³-hybridized carbons (Fsp3) is 0.143. The average Bonchev–Trinajstić information content (AvgIpc) is 2.29. The zero-order valence-electron chi connectivity index (χ0n) is 10.1. The molecule has 0 amide bonds. The Balaban J connectivity index is 2.69. The van der Waals surface area contributed by atoms with Crippen molar-refractivity contribution in [3.05, 3.63) is 62.1 Å². The van der Waals surface area contributed by atoms with Gasteiger partial charge in [0.1, 0.15) is 0 Å². The van der Waals surface area contributed by atoms with E-state index < -0.39 is 0 Å². The van der Waals surface area contributed by atoms with Gasteiger partial charge in [0, 0.05) is 10.5 Å². The van der Waals surface area contributed by atoms with Crippen LogP contribution in [-0.2, 0) is 0 Å². The summed E-state index contributed by atoms with van der Waals surface area (Å²) < 4.78 is 0.957. The summed E-state index contributed by atoms with van der Waals surface area (Å²) in [7, 11) is 0. The molecule has 3 nitrogen and oxygen atoms in total. The van der Waals surface area contributed by atoms with Gasteiger partial charge in [-0.1, -0.05) is 34.1 Å². The van der Waals surface area contributed by atoms with Gasteiger partial charge in [-0.2, -0.15) is 0 Å². The summed E-state index contributed by atoms with van der Waals surface area (Å²) in [6.07, 6.45) is 0. The third-order valence-corrected chi connectivity index (χ3v) is 3.32. The lowest BCUT2D eigenvalue weighted by Gasteiger charge is -2.08. The number of rotatable bonds is 2. The third-order valence-electron chi connectivity index (χ3n) is 2.79. The molecule has 0 fully saturated rings. The van der Waals surface area contributed by atoms with Gasteiger partial charge in [-0.3, -0.25) is 10.1 Å². The molecule has 0 unspecified atom stereocenters. The molecule has 92 valence electrons. The number of aryl methyl sites for hydroxylation is 2. The van der Waals surface area contributed by atoms with Gasteiger partial charge in [0.25, 0.3) is 5.69 Å². The first-order valence-electron chi connectivity index (χ1n) is 5.50. The minimum atomic E-state index is -0.322. The quantitative estimate of drug-likeness (QED) is 0.599. The molecule has 0 saturated carbocycles. The summed E-state index contributed by atoms with van der Waals surface area (Å²) >= 11 is 3.36. The highest BCUT2D eigenvalue weighted by molar-refractivity contribution is 9.10. The van der Waals surface area contributed by atoms with Crippen molar-refractivity contribution in [2.45, 2.75) is 13.8 Å². The number of nitro groups is 1. The second kappa shape index (κ2) is 4.90. The summed E-state index contributed by atoms with van der Waals surface area (Å²) in [5.41, 5.74) is 3.54. The highest BCUT2D eigenvalue weighted by Crippen LogP contribution is 2.34. The van der Waals surface area contributed by atoms with Gasteiger partial charge in [-0.25, -0.2) is 0 Å². The fourth-order valence-electron chi connectivity index (χ4n) is 2.08. The number of benzene rings is 2. The van der Waals surface area contributed by atoms with Crippen molar-refractivity contribution in [3.63, 3.8) is 0 Å². The summed E-state index contributed by atoms with van der Waals surface area (Å²) in [4.78, 5) is 10.8. The van der Waals surface area contributed by atoms with Gasteiger partial charge in [0.05, 0.1) is 10.5 Å². The number of hydrogen-bond donors (Lipinski definition) is 0. The maximum Gasteiger partial charge on any atom is 0.277 e. The van der Waals surface area contributed by atoms with Crippen LogP contribution < -0.4 is 0 Å². The van der Waals surface area contributed by atoms with E-state index in [0.29, 0.717) is 5.56 Å². The largest absolute Gasteiger partial charge is 0.277 e. The van der Waals surface area contributed by atoms with E-state index in [4.69, 9.17) is 0 Å². The molecular formula is C14H12BrNO2. The Hall–Kier alpha value is -1.68. The van der Waals surface area contributed by atoms with Crippen molar-refractivity contribution in [2.24, 2.45) is 0 Å². The SMILES string of the molecule is Cc1cc(C)c(-c2ccc(Br)cc2)c([N+](=O)[O-])c1. The van der Waals surface area contributed by atoms with E-state index >= 15 is 0 Å². The Labute approximate surface area is 114 Å². The molecule has 0 heterocycles. The van der Waals surface area contributed by atoms with Crippen LogP contribution in [0, 0.1) is 24.0 Å². The molecule has 0 bridgehead atoms. The maximum absolute atomic E-state index is 11.2. The topological polar surface area (TPSA) is 43.1 Å². The van der Waals surface area contributed by atoms with Crippen LogP contribution >= 0.6 is 15.9 Å². The lowest BCUT2D eigenvalue weighted by Crippen LogP contribution is -1.95. The summed E-state index contributed by atoms with van der Waals surface area (Å²) in [5, 5.41) is 11.2. The summed E-state index contributed by atoms with van der Waals surface area (Å²) in [6, 6.07) is 11.1. The van der Waals surface area contributed by atoms with Gasteiger partial charge in [0.15, 0.2) is 0 Å². The normalized spacial score (nSPS) is 10.4. The van der Waals surface area contributed by atoms with Crippen LogP contribution in [0.5, 0.6) is 0 Å². The van der Waals surface area contributed by atoms with E-state index in [1.807, 2.05) is 44.2 Å². The highest BCUT2D eigenvalue weighted by atomic mass is 79.9. The Morgan fingerprint density at radius 3 is 2.28 bits per heavy atom. The van der Waals surface area contributed by atoms with Crippen molar-refractivity contribution >= 4 is 21.6 Å². The Bertz CT molecular complexity index is 606. The lowest BCUT2D eigenvalue weighted by molar-refractivity contribution is -0.384. The van der Waals surface area contributed by atoms with E-state index in [0.717, 1.165) is 21.2 Å². The maximum atomic E-state index is 11.2. The number of nitro benzene ring substituents is 1. The van der Waals surface area contributed by atoms with Crippen LogP contribution in [0.1, 0.15) is 11.1 Å². The zero-order chi connectivity index (χ0) is 13.3. The molecule has 2 aromatic carbocycles. The first-order chi connectivity index (χ1) is 8.49. The molecule has 0 N–H and O–H groups in total. The fourth-order valence-corrected chi connectivity index (χ4v) is 2.35. The Morgan fingerprint density at radius 1 is 1.11 bits per heavy atom. The monoisotopic (exact) mass is 305 g/mol. The molecule has 2 aromatic rings. The van der Waals surface area contributed by atoms with Gasteiger partial charge >= 0.3 is 0 Å². The zero-order valence-corrected chi connectivity index (χ0v) is 11.7. The Kier molecular flexibility index (Phi) is 3.48. The molecule has 0 atom stereocenters. The minimum absolute atomic E-state index is 0.162. The molecule has 18 heavy (non-hydrogen) atoms. The molecule has 0 saturated heterocycles. The Morgan fingerprint density at radius 2 is 1.72 bits per heavy atom. The standard InChI is InChI=1S/C14H12BrNO2/c1-9-7-10(2)14(13(8-9)16(17)18)11-3-5-12(15)6-4-11/h3-8H,1-2H3. The van der Waals surface area contributed by atoms with Crippen molar-refractivity contribution in [2.75, 3.05) is 0 Å². The van der Waals surface area contributed by atoms with Crippen LogP contribution in [-0.4, -0.2) is 4.92 Å². The third kappa shape index (κ3) is 2.43. The molecule has 0 spiro atoms. The van der Waals surface area contributed by atoms with Gasteiger partial charge < -0.3 is 0 Å². The second-order valence-corrected chi connectivity index (χ2v) is 5.16. The average molecular weight is 306 g/mol. The van der Waals surface area contributed by atoms with Gasteiger partial charge in [-0.05, 0) is 42.7 Å². The second-order valence-electron chi connectivity index (χ2n) is 4.24. The van der Waals surface area contributed by atoms with Crippen LogP contribution in [0.25, 0.3) is 11.1 Å². The molecule has 0 radical (unpaired) electrons. The van der Waals surface area contributed by atoms with E-state index in [-0.39, 0.29) is 10.6 Å². The predicted molar refractivity (Wildman–Crippen MR) is 75.7 cm³/mol. The number of nitrogens with zero attached hydrogens (tertiary/aromatic N) is 1. The molecule has 0 aliphatic heterocycles. The first kappa shape index (κ1) is 12.8. The molecule has 4 heteroatoms. The highest BCUT2D eigenvalue weighted by Gasteiger charge is 2.18. The van der Waals surface area contributed by atoms with Crippen molar-refractivity contribution in [3.8, 4) is 11.1 Å². The van der Waals surface area contributed by atoms with E-state index in [9.17, 15) is 10.1 Å². The molecular weight excluding hydrogens is 294 g/mol. The number of halogens is 1. The molecule has 0 aliphatic carbocycles. The molecule has 0 aromatic heterocycles. The van der Waals surface area contributed by atoms with Crippen LogP contribution in [0.2, 0.25) is 0 Å². The first-order valence-corrected chi connectivity index (χ1v) is 6.30. The van der Waals surface area contributed by atoms with Gasteiger partial charge in [-0.15, -0.1) is 0 Å². The summed E-state index contributed by atoms with van der Waals surface area (Å²) in [5.74, 6) is 0. The molecule has 2 rings (SSSR count). The molecule has 0 aliphatic rings. The van der Waals surface area contributed by atoms with Crippen molar-refractivity contribution < 1.29 is 4.92 Å². The van der Waals surface area contributed by atoms with Crippen LogP contribution in [0.15, 0.2) is 40.9 Å². The minimum Gasteiger partial charge on any atom is -0.258 e. The smallest absolute Gasteiger partial charge is 0.258 e. The van der Waals surface area contributed by atoms with E-state index in [1.54, 1.807) is 6.07 Å². The summed E-state index contributed by atoms with van der Waals surface area (Å²) in [6.45, 7) is 3.77. The number of hydrogen-bond acceptors (Lipinski definition) is 2. The van der Waals surface area contributed by atoms with Crippen LogP contribution in [0.4, 0.5) is 5.69 Å². The predicted octanol–water partition coefficient (Wildman–Crippen LogP) is 4.64. The van der Waals surface area contributed by atoms with Crippen molar-refractivity contribution in [1.29, 1.82) is 0 Å². The van der Waals surface area contributed by atoms with Crippen molar-refractivity contribution in [1.82, 2.24) is 0 Å². The van der Waals surface area contributed by atoms with E-state index in [1.165, 1.54) is 0 Å². The van der Waals surface area contributed by atoms with Gasteiger partial charge in [0.2, 0.25) is 0 Å². The van der Waals surface area contributed by atoms with E-state index in [2.05, 4.69) is 15.9 Å².